The summed E-state index contributed by atoms with van der Waals surface area (Å²) < 4.78 is 90.1. The third kappa shape index (κ3) is 3.44. The van der Waals surface area contributed by atoms with Crippen molar-refractivity contribution in [3.63, 3.8) is 0 Å². The number of nitrogens with zero attached hydrogens (tertiary/aromatic N) is 1. The third-order valence-electron chi connectivity index (χ3n) is 4.76. The van der Waals surface area contributed by atoms with Crippen LogP contribution >= 0.6 is 10.7 Å². The van der Waals surface area contributed by atoms with Crippen LogP contribution in [0.5, 0.6) is 0 Å². The minimum atomic E-state index is -5.02. The van der Waals surface area contributed by atoms with Gasteiger partial charge in [0.2, 0.25) is 0 Å². The Hall–Kier alpha value is -1.56. The molecule has 1 aliphatic carbocycles. The Morgan fingerprint density at radius 2 is 1.71 bits per heavy atom. The maximum atomic E-state index is 13.3. The van der Waals surface area contributed by atoms with Crippen molar-refractivity contribution in [1.29, 1.82) is 0 Å². The predicted molar refractivity (Wildman–Crippen MR) is 94.3 cm³/mol. The number of aryl methyl sites for hydroxylation is 1. The molecule has 2 aromatic rings. The Balaban J connectivity index is 2.26. The highest BCUT2D eigenvalue weighted by Crippen LogP contribution is 2.43. The van der Waals surface area contributed by atoms with Gasteiger partial charge in [-0.1, -0.05) is 17.7 Å². The van der Waals surface area contributed by atoms with Gasteiger partial charge in [0.15, 0.2) is 5.60 Å². The van der Waals surface area contributed by atoms with Gasteiger partial charge in [-0.2, -0.15) is 13.2 Å². The van der Waals surface area contributed by atoms with Crippen molar-refractivity contribution in [3.05, 3.63) is 47.3 Å². The molecule has 0 unspecified atom stereocenters. The molecule has 154 valence electrons. The van der Waals surface area contributed by atoms with Gasteiger partial charge < -0.3 is 5.11 Å². The summed E-state index contributed by atoms with van der Waals surface area (Å²) in [5, 5.41) is 10.0. The molecule has 1 atom stereocenters. The summed E-state index contributed by atoms with van der Waals surface area (Å²) in [7, 11) is -3.47. The van der Waals surface area contributed by atoms with Crippen LogP contribution in [0, 0.1) is 6.92 Å². The van der Waals surface area contributed by atoms with Gasteiger partial charge in [0.25, 0.3) is 19.1 Å². The number of benzene rings is 1. The summed E-state index contributed by atoms with van der Waals surface area (Å²) in [6, 6.07) is 5.50. The molecule has 12 heteroatoms. The van der Waals surface area contributed by atoms with Gasteiger partial charge >= 0.3 is 6.18 Å². The molecule has 0 saturated carbocycles. The highest BCUT2D eigenvalue weighted by molar-refractivity contribution is 8.13. The summed E-state index contributed by atoms with van der Waals surface area (Å²) >= 11 is 0. The van der Waals surface area contributed by atoms with Gasteiger partial charge in [-0.15, -0.1) is 0 Å². The molecular formula is C16H15ClF3NO5S2. The molecule has 28 heavy (non-hydrogen) atoms. The van der Waals surface area contributed by atoms with Crippen LogP contribution < -0.4 is 0 Å². The van der Waals surface area contributed by atoms with E-state index < -0.39 is 60.7 Å². The fourth-order valence-electron chi connectivity index (χ4n) is 3.18. The molecule has 0 fully saturated rings. The number of aliphatic hydroxyl groups is 1. The molecule has 0 spiro atoms. The molecule has 1 heterocycles. The molecule has 1 aromatic carbocycles. The lowest BCUT2D eigenvalue weighted by Gasteiger charge is -2.34. The molecule has 0 aliphatic heterocycles. The monoisotopic (exact) mass is 457 g/mol. The van der Waals surface area contributed by atoms with E-state index in [2.05, 4.69) is 0 Å². The van der Waals surface area contributed by atoms with Crippen molar-refractivity contribution in [2.45, 2.75) is 47.8 Å². The summed E-state index contributed by atoms with van der Waals surface area (Å²) in [6.45, 7) is 1.72. The fourth-order valence-corrected chi connectivity index (χ4v) is 5.80. The molecule has 0 saturated heterocycles. The van der Waals surface area contributed by atoms with E-state index in [1.54, 1.807) is 6.92 Å². The number of aromatic nitrogens is 1. The zero-order chi connectivity index (χ0) is 21.1. The van der Waals surface area contributed by atoms with Gasteiger partial charge in [0.1, 0.15) is 4.90 Å². The maximum Gasteiger partial charge on any atom is 0.417 e. The topological polar surface area (TPSA) is 93.4 Å². The quantitative estimate of drug-likeness (QED) is 0.715. The Labute approximate surface area is 164 Å². The molecule has 0 radical (unpaired) electrons. The second kappa shape index (κ2) is 6.48. The standard InChI is InChI=1S/C16H15ClF3NO5S2/c1-10-2-4-11(5-3-10)28(25,26)21-9-14(27(17,23)24)12-6-7-15(22,8-13(12)21)16(18,19)20/h2-5,9,22H,6-8H2,1H3/t15-/m1/s1. The number of fused-ring (bicyclic) bond motifs is 1. The van der Waals surface area contributed by atoms with E-state index in [9.17, 15) is 35.1 Å². The van der Waals surface area contributed by atoms with E-state index in [1.807, 2.05) is 0 Å². The maximum absolute atomic E-state index is 13.3. The number of halogens is 4. The average molecular weight is 458 g/mol. The first-order chi connectivity index (χ1) is 12.7. The Kier molecular flexibility index (Phi) is 4.89. The summed E-state index contributed by atoms with van der Waals surface area (Å²) in [5.74, 6) is 0. The normalized spacial score (nSPS) is 20.8. The second-order valence-electron chi connectivity index (χ2n) is 6.68. The lowest BCUT2D eigenvalue weighted by atomic mass is 9.83. The summed E-state index contributed by atoms with van der Waals surface area (Å²) in [5.41, 5.74) is -3.01. The van der Waals surface area contributed by atoms with Crippen LogP contribution in [0.4, 0.5) is 13.2 Å². The number of alkyl halides is 3. The number of hydrogen-bond acceptors (Lipinski definition) is 5. The molecule has 1 aliphatic rings. The number of rotatable bonds is 3. The van der Waals surface area contributed by atoms with E-state index in [0.29, 0.717) is 10.2 Å². The van der Waals surface area contributed by atoms with Crippen molar-refractivity contribution in [2.75, 3.05) is 0 Å². The van der Waals surface area contributed by atoms with Crippen LogP contribution in [0.2, 0.25) is 0 Å². The van der Waals surface area contributed by atoms with E-state index in [1.165, 1.54) is 24.3 Å². The highest BCUT2D eigenvalue weighted by Gasteiger charge is 2.56. The lowest BCUT2D eigenvalue weighted by Crippen LogP contribution is -2.50. The van der Waals surface area contributed by atoms with Gasteiger partial charge in [-0.25, -0.2) is 20.8 Å². The molecule has 0 amide bonds. The van der Waals surface area contributed by atoms with Crippen molar-refractivity contribution in [2.24, 2.45) is 0 Å². The minimum Gasteiger partial charge on any atom is -0.380 e. The predicted octanol–water partition coefficient (Wildman–Crippen LogP) is 2.74. The Morgan fingerprint density at radius 3 is 2.21 bits per heavy atom. The first-order valence-electron chi connectivity index (χ1n) is 7.96. The first-order valence-corrected chi connectivity index (χ1v) is 11.7. The Bertz CT molecular complexity index is 1140. The van der Waals surface area contributed by atoms with Crippen molar-refractivity contribution in [1.82, 2.24) is 3.97 Å². The Morgan fingerprint density at radius 1 is 1.14 bits per heavy atom. The van der Waals surface area contributed by atoms with Gasteiger partial charge in [0, 0.05) is 29.0 Å². The smallest absolute Gasteiger partial charge is 0.380 e. The summed E-state index contributed by atoms with van der Waals surface area (Å²) in [6.07, 6.45) is -6.73. The van der Waals surface area contributed by atoms with Crippen LogP contribution in [0.25, 0.3) is 0 Å². The zero-order valence-corrected chi connectivity index (χ0v) is 16.8. The average Bonchev–Trinajstić information content (AvgIpc) is 2.93. The van der Waals surface area contributed by atoms with Crippen molar-refractivity contribution < 1.29 is 35.1 Å². The van der Waals surface area contributed by atoms with E-state index in [4.69, 9.17) is 10.7 Å². The zero-order valence-electron chi connectivity index (χ0n) is 14.4. The van der Waals surface area contributed by atoms with E-state index in [-0.39, 0.29) is 10.5 Å². The van der Waals surface area contributed by atoms with Gasteiger partial charge in [0.05, 0.1) is 4.90 Å². The second-order valence-corrected chi connectivity index (χ2v) is 11.0. The SMILES string of the molecule is Cc1ccc(S(=O)(=O)n2cc(S(=O)(=O)Cl)c3c2C[C@@](O)(C(F)(F)F)CC3)cc1. The highest BCUT2D eigenvalue weighted by atomic mass is 35.7. The molecule has 6 nitrogen and oxygen atoms in total. The van der Waals surface area contributed by atoms with Crippen LogP contribution in [-0.2, 0) is 31.9 Å². The van der Waals surface area contributed by atoms with Crippen LogP contribution in [0.3, 0.4) is 0 Å². The van der Waals surface area contributed by atoms with Crippen LogP contribution in [-0.4, -0.2) is 37.7 Å². The van der Waals surface area contributed by atoms with Crippen LogP contribution in [0.1, 0.15) is 23.2 Å². The van der Waals surface area contributed by atoms with Gasteiger partial charge in [-0.3, -0.25) is 0 Å². The lowest BCUT2D eigenvalue weighted by molar-refractivity contribution is -0.263. The molecular weight excluding hydrogens is 443 g/mol. The largest absolute Gasteiger partial charge is 0.417 e. The molecule has 1 aromatic heterocycles. The third-order valence-corrected chi connectivity index (χ3v) is 7.85. The number of hydrogen-bond donors (Lipinski definition) is 1. The van der Waals surface area contributed by atoms with Crippen molar-refractivity contribution >= 4 is 29.8 Å². The summed E-state index contributed by atoms with van der Waals surface area (Å²) in [4.78, 5) is -0.820. The van der Waals surface area contributed by atoms with E-state index in [0.717, 1.165) is 5.56 Å². The fraction of sp³-hybridized carbons (Fsp3) is 0.375. The van der Waals surface area contributed by atoms with E-state index >= 15 is 0 Å². The molecule has 1 N–H and O–H groups in total. The van der Waals surface area contributed by atoms with Crippen LogP contribution in [0.15, 0.2) is 40.3 Å². The first kappa shape index (κ1) is 21.2. The van der Waals surface area contributed by atoms with Crippen molar-refractivity contribution in [3.8, 4) is 0 Å². The molecule has 3 rings (SSSR count). The van der Waals surface area contributed by atoms with Gasteiger partial charge in [-0.05, 0) is 37.5 Å². The molecule has 0 bridgehead atoms. The minimum absolute atomic E-state index is 0.139.